The molecule has 0 unspecified atom stereocenters. The van der Waals surface area contributed by atoms with E-state index in [9.17, 15) is 46.6 Å². The van der Waals surface area contributed by atoms with Gasteiger partial charge in [0.05, 0.1) is 23.2 Å². The molecule has 0 spiro atoms. The molecule has 3 radical (unpaired) electrons. The molecule has 1 aromatic heterocycles. The Morgan fingerprint density at radius 2 is 1.35 bits per heavy atom. The van der Waals surface area contributed by atoms with Crippen LogP contribution >= 0.6 is 15.9 Å². The van der Waals surface area contributed by atoms with Crippen LogP contribution in [0.5, 0.6) is 0 Å². The van der Waals surface area contributed by atoms with Crippen LogP contribution in [-0.2, 0) is 67.6 Å². The zero-order valence-electron chi connectivity index (χ0n) is 39.6. The van der Waals surface area contributed by atoms with Crippen molar-refractivity contribution in [2.45, 2.75) is 105 Å². The quantitative estimate of drug-likeness (QED) is 0.0570. The Labute approximate surface area is 424 Å². The van der Waals surface area contributed by atoms with Crippen molar-refractivity contribution in [3.05, 3.63) is 135 Å². The molecule has 68 heavy (non-hydrogen) atoms. The third kappa shape index (κ3) is 19.3. The molecule has 1 saturated heterocycles. The first-order valence-electron chi connectivity index (χ1n) is 20.2. The minimum Gasteiger partial charge on any atom is -0.793 e. The van der Waals surface area contributed by atoms with E-state index in [-0.39, 0.29) is 47.7 Å². The Morgan fingerprint density at radius 3 is 1.82 bits per heavy atom. The summed E-state index contributed by atoms with van der Waals surface area (Å²) >= 11 is 3.33. The van der Waals surface area contributed by atoms with Gasteiger partial charge >= 0.3 is 60.8 Å². The maximum absolute atomic E-state index is 13.3. The normalized spacial score (nSPS) is 13.2. The van der Waals surface area contributed by atoms with Gasteiger partial charge in [-0.25, -0.2) is 23.8 Å². The van der Waals surface area contributed by atoms with Gasteiger partial charge in [-0.3, -0.25) is 14.4 Å². The first-order valence-corrected chi connectivity index (χ1v) is 21.0. The van der Waals surface area contributed by atoms with Gasteiger partial charge in [-0.15, -0.1) is 0 Å². The van der Waals surface area contributed by atoms with Crippen LogP contribution in [0.3, 0.4) is 0 Å². The first-order chi connectivity index (χ1) is 31.1. The summed E-state index contributed by atoms with van der Waals surface area (Å²) in [5.41, 5.74) is 2.32. The van der Waals surface area contributed by atoms with E-state index >= 15 is 0 Å². The zero-order valence-corrected chi connectivity index (χ0v) is 43.2. The summed E-state index contributed by atoms with van der Waals surface area (Å²) in [6.07, 6.45) is -3.65. The largest absolute Gasteiger partial charge is 1.00 e. The number of hydrogen-bond donors (Lipinski definition) is 2. The van der Waals surface area contributed by atoms with E-state index < -0.39 is 59.5 Å². The van der Waals surface area contributed by atoms with Crippen LogP contribution in [0.25, 0.3) is 10.8 Å². The minimum atomic E-state index is -4.43. The summed E-state index contributed by atoms with van der Waals surface area (Å²) in [6.45, 7) is 17.6. The van der Waals surface area contributed by atoms with E-state index in [0.29, 0.717) is 22.9 Å². The third-order valence-electron chi connectivity index (χ3n) is 9.98. The average Bonchev–Trinajstić information content (AvgIpc) is 3.82. The molecule has 0 atom stereocenters. The summed E-state index contributed by atoms with van der Waals surface area (Å²) in [5.74, 6) is -3.58. The number of carbonyl (C=O) groups is 5. The van der Waals surface area contributed by atoms with Crippen LogP contribution in [0.1, 0.15) is 101 Å². The summed E-state index contributed by atoms with van der Waals surface area (Å²) in [5, 5.41) is 13.6. The number of rotatable bonds is 8. The fraction of sp³-hybridized carbons (Fsp3) is 0.340. The molecule has 1 aliphatic rings. The number of furan rings is 1. The van der Waals surface area contributed by atoms with Crippen molar-refractivity contribution in [1.82, 2.24) is 5.32 Å². The maximum Gasteiger partial charge on any atom is 1.00 e. The summed E-state index contributed by atoms with van der Waals surface area (Å²) in [6, 6.07) is 25.6. The van der Waals surface area contributed by atoms with Crippen LogP contribution in [0.2, 0.25) is 0 Å². The van der Waals surface area contributed by atoms with E-state index in [1.807, 2.05) is 83.1 Å². The van der Waals surface area contributed by atoms with Crippen molar-refractivity contribution < 1.29 is 104 Å². The van der Waals surface area contributed by atoms with Gasteiger partial charge in [-0.05, 0) is 106 Å². The molecule has 0 saturated carbocycles. The molecule has 359 valence electrons. The predicted molar refractivity (Wildman–Crippen MR) is 246 cm³/mol. The van der Waals surface area contributed by atoms with Crippen LogP contribution in [0, 0.1) is 12.7 Å². The molecule has 0 aliphatic carbocycles. The number of aliphatic carboxylic acids is 1. The molecular weight excluding hydrogens is 971 g/mol. The Morgan fingerprint density at radius 1 is 0.809 bits per heavy atom. The number of carboxylic acid groups (broad SMARTS) is 1. The Kier molecular flexibility index (Phi) is 24.6. The Bertz CT molecular complexity index is 2440. The second kappa shape index (κ2) is 27.4. The molecule has 5 aromatic rings. The molecule has 0 bridgehead atoms. The molecule has 4 aromatic carbocycles. The van der Waals surface area contributed by atoms with Gasteiger partial charge in [0, 0.05) is 42.7 Å². The number of alkyl halides is 3. The predicted octanol–water partition coefficient (Wildman–Crippen LogP) is 6.46. The van der Waals surface area contributed by atoms with Crippen molar-refractivity contribution in [1.29, 1.82) is 0 Å². The van der Waals surface area contributed by atoms with E-state index in [4.69, 9.17) is 13.7 Å². The number of benzene rings is 4. The molecule has 2 heterocycles. The number of carbonyl (C=O) groups excluding carboxylic acids is 4. The fourth-order valence-electron chi connectivity index (χ4n) is 5.46. The summed E-state index contributed by atoms with van der Waals surface area (Å²) < 4.78 is 71.6. The number of fused-ring (bicyclic) bond motifs is 1. The molecule has 6 rings (SSSR count). The molecule has 1 fully saturated rings. The van der Waals surface area contributed by atoms with Gasteiger partial charge in [0.15, 0.2) is 6.29 Å². The van der Waals surface area contributed by atoms with E-state index in [1.165, 1.54) is 19.1 Å². The van der Waals surface area contributed by atoms with Crippen molar-refractivity contribution >= 4 is 77.5 Å². The second-order valence-corrected chi connectivity index (χ2v) is 17.1. The SMILES string of the molecule is CC(=O)OOC(C)=O.CC(C)(C(=O)O)c1cccc(B2OC(C)(C)C(C)(C)O2)c1.Cc1ccc2c(F)cccc2c1C=O.FC(F)(F)c1ccc(CNCc2ccc(Br)cc2)o1.[B-]OC(C)=O.[Na+]. The maximum atomic E-state index is 13.3. The van der Waals surface area contributed by atoms with Crippen molar-refractivity contribution in [3.8, 4) is 0 Å². The average molecular weight is 1020 g/mol. The van der Waals surface area contributed by atoms with Crippen molar-refractivity contribution in [2.75, 3.05) is 0 Å². The fourth-order valence-corrected chi connectivity index (χ4v) is 5.72. The van der Waals surface area contributed by atoms with Gasteiger partial charge in [-0.1, -0.05) is 76.6 Å². The monoisotopic (exact) mass is 1020 g/mol. The van der Waals surface area contributed by atoms with Crippen molar-refractivity contribution in [2.24, 2.45) is 0 Å². The first kappa shape index (κ1) is 61.2. The minimum absolute atomic E-state index is 0. The third-order valence-corrected chi connectivity index (χ3v) is 10.5. The van der Waals surface area contributed by atoms with Crippen molar-refractivity contribution in [3.63, 3.8) is 0 Å². The number of carboxylic acids is 1. The number of hydrogen-bond acceptors (Lipinski definition) is 12. The van der Waals surface area contributed by atoms with Crippen LogP contribution in [-0.4, -0.2) is 61.6 Å². The standard InChI is InChI=1S/C16H23BO4.C13H11BrF3NO.C12H9FO.C4H6O4.C2H3BO2.Na/c1-14(2,13(18)19)11-8-7-9-12(10-11)17-20-15(3,4)16(5,6)21-17;14-10-3-1-9(2-4-10)7-18-8-11-5-6-12(19-11)13(15,16)17;1-8-5-6-10-9(11(8)7-14)3-2-4-12(10)13;1-3(5)7-8-4(2)6;1-2(4)5-3;/h7-10H,1-6H3,(H,18,19);1-6,18H,7-8H2;2-7H,1H3;1-2H3;1H3;/q;;;;-1;+1. The van der Waals surface area contributed by atoms with E-state index in [1.54, 1.807) is 38.1 Å². The van der Waals surface area contributed by atoms with Crippen LogP contribution < -0.4 is 40.3 Å². The summed E-state index contributed by atoms with van der Waals surface area (Å²) in [4.78, 5) is 59.0. The van der Waals surface area contributed by atoms with Gasteiger partial charge in [0.25, 0.3) is 0 Å². The van der Waals surface area contributed by atoms with Crippen LogP contribution in [0.4, 0.5) is 17.6 Å². The topological polar surface area (TPSA) is 177 Å². The smallest absolute Gasteiger partial charge is 0.793 e. The summed E-state index contributed by atoms with van der Waals surface area (Å²) in [7, 11) is 3.85. The van der Waals surface area contributed by atoms with Gasteiger partial charge in [0.1, 0.15) is 11.6 Å². The Balaban J connectivity index is 0.000000454. The van der Waals surface area contributed by atoms with E-state index in [0.717, 1.165) is 52.8 Å². The molecule has 13 nitrogen and oxygen atoms in total. The van der Waals surface area contributed by atoms with Gasteiger partial charge in [0.2, 0.25) is 11.7 Å². The van der Waals surface area contributed by atoms with Crippen LogP contribution in [0.15, 0.2) is 99.9 Å². The molecular formula is C47H52B2BrF4NNaO12. The number of nitrogens with one attached hydrogen (secondary N) is 1. The molecule has 21 heteroatoms. The van der Waals surface area contributed by atoms with Gasteiger partial charge < -0.3 is 36.9 Å². The molecule has 1 aliphatic heterocycles. The van der Waals surface area contributed by atoms with Gasteiger partial charge in [-0.2, -0.15) is 13.2 Å². The molecule has 0 amide bonds. The number of aryl methyl sites for hydroxylation is 1. The molecule has 2 N–H and O–H groups in total. The Hall–Kier alpha value is -4.82. The second-order valence-electron chi connectivity index (χ2n) is 16.1. The van der Waals surface area contributed by atoms with E-state index in [2.05, 4.69) is 43.7 Å². The number of aldehydes is 1. The number of halogens is 5. The zero-order chi connectivity index (χ0) is 50.9.